The number of carbonyl (C=O) groups is 2. The minimum atomic E-state index is -0.562. The summed E-state index contributed by atoms with van der Waals surface area (Å²) in [6.45, 7) is 7.54. The molecule has 1 atom stereocenters. The molecule has 0 bridgehead atoms. The van der Waals surface area contributed by atoms with E-state index in [2.05, 4.69) is 0 Å². The van der Waals surface area contributed by atoms with Crippen LogP contribution in [-0.4, -0.2) is 53.8 Å². The van der Waals surface area contributed by atoms with Gasteiger partial charge < -0.3 is 15.5 Å². The van der Waals surface area contributed by atoms with E-state index in [4.69, 9.17) is 5.73 Å². The summed E-state index contributed by atoms with van der Waals surface area (Å²) in [5.41, 5.74) is 6.04. The van der Waals surface area contributed by atoms with E-state index in [0.29, 0.717) is 31.7 Å². The Morgan fingerprint density at radius 2 is 1.70 bits per heavy atom. The second-order valence-electron chi connectivity index (χ2n) is 6.97. The molecule has 5 nitrogen and oxygen atoms in total. The van der Waals surface area contributed by atoms with Crippen molar-refractivity contribution in [3.05, 3.63) is 35.6 Å². The van der Waals surface area contributed by atoms with Crippen molar-refractivity contribution in [3.8, 4) is 0 Å². The number of carbonyl (C=O) groups excluding carboxylic acids is 2. The second kappa shape index (κ2) is 6.66. The van der Waals surface area contributed by atoms with Crippen molar-refractivity contribution in [1.82, 2.24) is 9.80 Å². The van der Waals surface area contributed by atoms with E-state index in [1.165, 1.54) is 18.2 Å². The summed E-state index contributed by atoms with van der Waals surface area (Å²) >= 11 is 0. The fourth-order valence-corrected chi connectivity index (χ4v) is 2.50. The average molecular weight is 321 g/mol. The number of hydrogen-bond acceptors (Lipinski definition) is 3. The molecule has 2 amide bonds. The van der Waals surface area contributed by atoms with Crippen LogP contribution in [0.2, 0.25) is 0 Å². The van der Waals surface area contributed by atoms with Gasteiger partial charge in [-0.3, -0.25) is 9.59 Å². The van der Waals surface area contributed by atoms with Gasteiger partial charge in [-0.05, 0) is 23.6 Å². The number of piperazine rings is 1. The van der Waals surface area contributed by atoms with Crippen LogP contribution in [0.3, 0.4) is 0 Å². The highest BCUT2D eigenvalue weighted by molar-refractivity contribution is 5.94. The number of amides is 2. The first-order valence-electron chi connectivity index (χ1n) is 7.79. The van der Waals surface area contributed by atoms with Crippen LogP contribution in [0.15, 0.2) is 24.3 Å². The predicted octanol–water partition coefficient (Wildman–Crippen LogP) is 1.48. The fourth-order valence-electron chi connectivity index (χ4n) is 2.50. The van der Waals surface area contributed by atoms with Crippen LogP contribution in [0.1, 0.15) is 31.1 Å². The van der Waals surface area contributed by atoms with Crippen LogP contribution in [0.5, 0.6) is 0 Å². The van der Waals surface area contributed by atoms with Crippen molar-refractivity contribution in [2.75, 3.05) is 26.2 Å². The molecule has 1 aliphatic heterocycles. The maximum Gasteiger partial charge on any atom is 0.254 e. The van der Waals surface area contributed by atoms with Gasteiger partial charge in [0, 0.05) is 31.7 Å². The molecule has 126 valence electrons. The topological polar surface area (TPSA) is 66.6 Å². The van der Waals surface area contributed by atoms with Crippen molar-refractivity contribution in [3.63, 3.8) is 0 Å². The number of hydrogen-bond donors (Lipinski definition) is 1. The Hall–Kier alpha value is -1.95. The highest BCUT2D eigenvalue weighted by atomic mass is 19.1. The van der Waals surface area contributed by atoms with Crippen molar-refractivity contribution in [2.24, 2.45) is 11.1 Å². The summed E-state index contributed by atoms with van der Waals surface area (Å²) in [7, 11) is 0. The third kappa shape index (κ3) is 4.07. The fraction of sp³-hybridized carbons (Fsp3) is 0.529. The smallest absolute Gasteiger partial charge is 0.254 e. The number of nitrogens with two attached hydrogens (primary N) is 1. The Labute approximate surface area is 136 Å². The zero-order valence-electron chi connectivity index (χ0n) is 13.9. The van der Waals surface area contributed by atoms with Gasteiger partial charge in [-0.15, -0.1) is 0 Å². The summed E-state index contributed by atoms with van der Waals surface area (Å²) in [4.78, 5) is 28.1. The quantitative estimate of drug-likeness (QED) is 0.897. The molecule has 0 radical (unpaired) electrons. The first kappa shape index (κ1) is 17.4. The van der Waals surface area contributed by atoms with Gasteiger partial charge in [0.05, 0.1) is 6.04 Å². The summed E-state index contributed by atoms with van der Waals surface area (Å²) < 4.78 is 13.2. The van der Waals surface area contributed by atoms with Crippen LogP contribution < -0.4 is 5.73 Å². The van der Waals surface area contributed by atoms with Gasteiger partial charge >= 0.3 is 0 Å². The lowest BCUT2D eigenvalue weighted by atomic mass is 9.86. The minimum Gasteiger partial charge on any atom is -0.338 e. The molecule has 1 aromatic carbocycles. The molecule has 23 heavy (non-hydrogen) atoms. The normalized spacial score (nSPS) is 17.1. The van der Waals surface area contributed by atoms with Gasteiger partial charge in [-0.2, -0.15) is 0 Å². The van der Waals surface area contributed by atoms with E-state index in [-0.39, 0.29) is 17.2 Å². The van der Waals surface area contributed by atoms with Gasteiger partial charge in [-0.1, -0.05) is 26.8 Å². The standard InChI is InChI=1S/C17H24FN3O2/c1-17(2,3)14(19)16(23)21-9-7-20(8-10-21)15(22)12-5-4-6-13(18)11-12/h4-6,11,14H,7-10,19H2,1-3H3/t14-/m1/s1. The molecule has 6 heteroatoms. The summed E-state index contributed by atoms with van der Waals surface area (Å²) in [5, 5.41) is 0. The Morgan fingerprint density at radius 1 is 1.13 bits per heavy atom. The molecule has 2 N–H and O–H groups in total. The Balaban J connectivity index is 1.96. The van der Waals surface area contributed by atoms with E-state index >= 15 is 0 Å². The van der Waals surface area contributed by atoms with Crippen molar-refractivity contribution >= 4 is 11.8 Å². The zero-order chi connectivity index (χ0) is 17.2. The van der Waals surface area contributed by atoms with Crippen molar-refractivity contribution in [1.29, 1.82) is 0 Å². The number of halogens is 1. The zero-order valence-corrected chi connectivity index (χ0v) is 13.9. The number of benzene rings is 1. The van der Waals surface area contributed by atoms with Crippen LogP contribution in [0, 0.1) is 11.2 Å². The molecular weight excluding hydrogens is 297 g/mol. The molecule has 0 aliphatic carbocycles. The van der Waals surface area contributed by atoms with Gasteiger partial charge in [-0.25, -0.2) is 4.39 Å². The summed E-state index contributed by atoms with van der Waals surface area (Å²) in [6, 6.07) is 5.09. The van der Waals surface area contributed by atoms with E-state index in [1.54, 1.807) is 15.9 Å². The lowest BCUT2D eigenvalue weighted by Gasteiger charge is -2.38. The number of nitrogens with zero attached hydrogens (tertiary/aromatic N) is 2. The van der Waals surface area contributed by atoms with Gasteiger partial charge in [0.15, 0.2) is 0 Å². The molecule has 1 saturated heterocycles. The SMILES string of the molecule is CC(C)(C)[C@H](N)C(=O)N1CCN(C(=O)c2cccc(F)c2)CC1. The molecule has 1 heterocycles. The lowest BCUT2D eigenvalue weighted by molar-refractivity contribution is -0.136. The molecular formula is C17H24FN3O2. The summed E-state index contributed by atoms with van der Waals surface area (Å²) in [6.07, 6.45) is 0. The average Bonchev–Trinajstić information content (AvgIpc) is 2.52. The third-order valence-electron chi connectivity index (χ3n) is 4.15. The Kier molecular flexibility index (Phi) is 5.04. The minimum absolute atomic E-state index is 0.0876. The number of rotatable bonds is 2. The monoisotopic (exact) mass is 321 g/mol. The maximum absolute atomic E-state index is 13.2. The maximum atomic E-state index is 13.2. The molecule has 1 aromatic rings. The van der Waals surface area contributed by atoms with Gasteiger partial charge in [0.1, 0.15) is 5.82 Å². The molecule has 0 aromatic heterocycles. The van der Waals surface area contributed by atoms with E-state index in [1.807, 2.05) is 20.8 Å². The van der Waals surface area contributed by atoms with Crippen LogP contribution in [-0.2, 0) is 4.79 Å². The molecule has 2 rings (SSSR count). The molecule has 0 saturated carbocycles. The lowest BCUT2D eigenvalue weighted by Crippen LogP contribution is -2.56. The summed E-state index contributed by atoms with van der Waals surface area (Å²) in [5.74, 6) is -0.729. The highest BCUT2D eigenvalue weighted by Crippen LogP contribution is 2.20. The van der Waals surface area contributed by atoms with Crippen molar-refractivity contribution in [2.45, 2.75) is 26.8 Å². The predicted molar refractivity (Wildman–Crippen MR) is 86.3 cm³/mol. The Bertz CT molecular complexity index is 590. The second-order valence-corrected chi connectivity index (χ2v) is 6.97. The van der Waals surface area contributed by atoms with Crippen molar-refractivity contribution < 1.29 is 14.0 Å². The van der Waals surface area contributed by atoms with E-state index < -0.39 is 11.9 Å². The Morgan fingerprint density at radius 3 is 2.22 bits per heavy atom. The van der Waals surface area contributed by atoms with Crippen LogP contribution >= 0.6 is 0 Å². The third-order valence-corrected chi connectivity index (χ3v) is 4.15. The van der Waals surface area contributed by atoms with E-state index in [0.717, 1.165) is 0 Å². The highest BCUT2D eigenvalue weighted by Gasteiger charge is 2.33. The molecule has 0 spiro atoms. The molecule has 1 fully saturated rings. The molecule has 1 aliphatic rings. The largest absolute Gasteiger partial charge is 0.338 e. The van der Waals surface area contributed by atoms with E-state index in [9.17, 15) is 14.0 Å². The molecule has 0 unspecified atom stereocenters. The first-order chi connectivity index (χ1) is 10.7. The van der Waals surface area contributed by atoms with Crippen LogP contribution in [0.4, 0.5) is 4.39 Å². The van der Waals surface area contributed by atoms with Gasteiger partial charge in [0.25, 0.3) is 5.91 Å². The van der Waals surface area contributed by atoms with Crippen LogP contribution in [0.25, 0.3) is 0 Å². The van der Waals surface area contributed by atoms with Gasteiger partial charge in [0.2, 0.25) is 5.91 Å². The first-order valence-corrected chi connectivity index (χ1v) is 7.79.